The second-order valence-electron chi connectivity index (χ2n) is 9.31. The fourth-order valence-electron chi connectivity index (χ4n) is 7.36. The summed E-state index contributed by atoms with van der Waals surface area (Å²) in [5.74, 6) is 0.202. The Morgan fingerprint density at radius 3 is 2.69 bits per heavy atom. The summed E-state index contributed by atoms with van der Waals surface area (Å²) in [6.45, 7) is 1.60. The largest absolute Gasteiger partial charge is 0.396 e. The molecule has 5 unspecified atom stereocenters. The SMILES string of the molecule is C[C@]12CCC(=O)C=C1CCC1C3CCC(C(=O)CO)[C@@]3(CO)CC(O)C12. The Morgan fingerprint density at radius 1 is 1.23 bits per heavy atom. The molecule has 3 N–H and O–H groups in total. The number of hydrogen-bond donors (Lipinski definition) is 3. The zero-order valence-corrected chi connectivity index (χ0v) is 15.5. The molecule has 0 bridgehead atoms. The van der Waals surface area contributed by atoms with Crippen LogP contribution >= 0.6 is 0 Å². The predicted molar refractivity (Wildman–Crippen MR) is 95.1 cm³/mol. The van der Waals surface area contributed by atoms with E-state index in [1.54, 1.807) is 0 Å². The molecule has 0 aromatic carbocycles. The Kier molecular flexibility index (Phi) is 4.41. The second-order valence-corrected chi connectivity index (χ2v) is 9.31. The highest BCUT2D eigenvalue weighted by Crippen LogP contribution is 2.66. The molecule has 0 aromatic rings. The van der Waals surface area contributed by atoms with Crippen LogP contribution in [0.1, 0.15) is 51.9 Å². The minimum Gasteiger partial charge on any atom is -0.396 e. The molecule has 4 aliphatic carbocycles. The zero-order valence-electron chi connectivity index (χ0n) is 15.5. The molecule has 0 aromatic heterocycles. The number of carbonyl (C=O) groups is 2. The van der Waals surface area contributed by atoms with Gasteiger partial charge >= 0.3 is 0 Å². The van der Waals surface area contributed by atoms with E-state index in [4.69, 9.17) is 0 Å². The van der Waals surface area contributed by atoms with E-state index >= 15 is 0 Å². The molecule has 0 radical (unpaired) electrons. The van der Waals surface area contributed by atoms with Crippen LogP contribution in [0.2, 0.25) is 0 Å². The van der Waals surface area contributed by atoms with Crippen molar-refractivity contribution in [1.82, 2.24) is 0 Å². The van der Waals surface area contributed by atoms with E-state index in [9.17, 15) is 24.9 Å². The fraction of sp³-hybridized carbons (Fsp3) is 0.810. The van der Waals surface area contributed by atoms with Crippen molar-refractivity contribution in [3.05, 3.63) is 11.6 Å². The summed E-state index contributed by atoms with van der Waals surface area (Å²) in [6.07, 6.45) is 6.31. The van der Waals surface area contributed by atoms with E-state index < -0.39 is 18.1 Å². The number of Topliss-reactive ketones (excluding diaryl/α,β-unsaturated/α-hetero) is 1. The lowest BCUT2D eigenvalue weighted by molar-refractivity contribution is -0.158. The second kappa shape index (κ2) is 6.25. The molecule has 0 saturated heterocycles. The highest BCUT2D eigenvalue weighted by Gasteiger charge is 2.64. The van der Waals surface area contributed by atoms with Crippen LogP contribution in [-0.4, -0.2) is 46.2 Å². The first-order chi connectivity index (χ1) is 12.4. The quantitative estimate of drug-likeness (QED) is 0.709. The van der Waals surface area contributed by atoms with E-state index in [1.807, 2.05) is 6.08 Å². The number of aliphatic hydroxyl groups is 3. The molecular weight excluding hydrogens is 332 g/mol. The Hall–Kier alpha value is -1.04. The molecule has 0 spiro atoms. The minimum atomic E-state index is -0.595. The minimum absolute atomic E-state index is 0.0863. The maximum absolute atomic E-state index is 12.3. The summed E-state index contributed by atoms with van der Waals surface area (Å²) < 4.78 is 0. The topological polar surface area (TPSA) is 94.8 Å². The van der Waals surface area contributed by atoms with Gasteiger partial charge in [-0.05, 0) is 67.8 Å². The molecule has 7 atom stereocenters. The zero-order chi connectivity index (χ0) is 18.7. The van der Waals surface area contributed by atoms with Gasteiger partial charge in [-0.1, -0.05) is 12.5 Å². The third-order valence-electron chi connectivity index (χ3n) is 8.46. The maximum atomic E-state index is 12.3. The number of fused-ring (bicyclic) bond motifs is 5. The summed E-state index contributed by atoms with van der Waals surface area (Å²) in [5, 5.41) is 30.9. The van der Waals surface area contributed by atoms with Gasteiger partial charge in [-0.15, -0.1) is 0 Å². The van der Waals surface area contributed by atoms with Crippen LogP contribution in [0.4, 0.5) is 0 Å². The lowest BCUT2D eigenvalue weighted by atomic mass is 9.45. The number of ketones is 2. The molecule has 5 heteroatoms. The van der Waals surface area contributed by atoms with Crippen LogP contribution in [0.25, 0.3) is 0 Å². The molecule has 5 nitrogen and oxygen atoms in total. The number of rotatable bonds is 3. The summed E-state index contributed by atoms with van der Waals surface area (Å²) >= 11 is 0. The summed E-state index contributed by atoms with van der Waals surface area (Å²) in [7, 11) is 0. The lowest BCUT2D eigenvalue weighted by Gasteiger charge is -2.60. The number of aliphatic hydroxyl groups excluding tert-OH is 3. The molecular formula is C21H30O5. The van der Waals surface area contributed by atoms with Crippen molar-refractivity contribution in [2.45, 2.75) is 58.0 Å². The van der Waals surface area contributed by atoms with Gasteiger partial charge in [-0.3, -0.25) is 9.59 Å². The van der Waals surface area contributed by atoms with Crippen LogP contribution < -0.4 is 0 Å². The molecule has 26 heavy (non-hydrogen) atoms. The highest BCUT2D eigenvalue weighted by atomic mass is 16.3. The van der Waals surface area contributed by atoms with E-state index in [1.165, 1.54) is 5.57 Å². The van der Waals surface area contributed by atoms with Gasteiger partial charge in [-0.2, -0.15) is 0 Å². The molecule has 3 saturated carbocycles. The molecule has 4 aliphatic rings. The van der Waals surface area contributed by atoms with Crippen molar-refractivity contribution in [3.8, 4) is 0 Å². The Morgan fingerprint density at radius 2 is 2.00 bits per heavy atom. The van der Waals surface area contributed by atoms with Crippen LogP contribution in [0.5, 0.6) is 0 Å². The summed E-state index contributed by atoms with van der Waals surface area (Å²) in [5.41, 5.74) is 0.436. The number of carbonyl (C=O) groups excluding carboxylic acids is 2. The first-order valence-corrected chi connectivity index (χ1v) is 10.0. The monoisotopic (exact) mass is 362 g/mol. The molecule has 0 heterocycles. The van der Waals surface area contributed by atoms with Crippen molar-refractivity contribution in [2.75, 3.05) is 13.2 Å². The van der Waals surface area contributed by atoms with Crippen molar-refractivity contribution in [2.24, 2.45) is 34.5 Å². The Bertz CT molecular complexity index is 655. The van der Waals surface area contributed by atoms with Crippen LogP contribution in [0, 0.1) is 34.5 Å². The van der Waals surface area contributed by atoms with E-state index in [0.29, 0.717) is 19.3 Å². The van der Waals surface area contributed by atoms with E-state index in [2.05, 4.69) is 6.92 Å². The molecule has 0 aliphatic heterocycles. The Labute approximate surface area is 154 Å². The van der Waals surface area contributed by atoms with Gasteiger partial charge in [0, 0.05) is 24.4 Å². The average molecular weight is 362 g/mol. The van der Waals surface area contributed by atoms with Crippen LogP contribution in [0.15, 0.2) is 11.6 Å². The van der Waals surface area contributed by atoms with E-state index in [0.717, 1.165) is 25.7 Å². The van der Waals surface area contributed by atoms with Crippen molar-refractivity contribution in [1.29, 1.82) is 0 Å². The van der Waals surface area contributed by atoms with Crippen molar-refractivity contribution in [3.63, 3.8) is 0 Å². The van der Waals surface area contributed by atoms with Crippen molar-refractivity contribution < 1.29 is 24.9 Å². The third-order valence-corrected chi connectivity index (χ3v) is 8.46. The van der Waals surface area contributed by atoms with Gasteiger partial charge < -0.3 is 15.3 Å². The fourth-order valence-corrected chi connectivity index (χ4v) is 7.36. The Balaban J connectivity index is 1.72. The normalized spacial score (nSPS) is 47.6. The van der Waals surface area contributed by atoms with Gasteiger partial charge in [0.1, 0.15) is 6.61 Å². The summed E-state index contributed by atoms with van der Waals surface area (Å²) in [6, 6.07) is 0. The average Bonchev–Trinajstić information content (AvgIpc) is 3.00. The molecule has 0 amide bonds. The van der Waals surface area contributed by atoms with Gasteiger partial charge in [-0.25, -0.2) is 0 Å². The van der Waals surface area contributed by atoms with Crippen molar-refractivity contribution >= 4 is 11.6 Å². The third kappa shape index (κ3) is 2.33. The first-order valence-electron chi connectivity index (χ1n) is 10.0. The van der Waals surface area contributed by atoms with E-state index in [-0.39, 0.29) is 47.3 Å². The van der Waals surface area contributed by atoms with Crippen LogP contribution in [-0.2, 0) is 9.59 Å². The number of hydrogen-bond acceptors (Lipinski definition) is 5. The number of allylic oxidation sites excluding steroid dienone is 1. The maximum Gasteiger partial charge on any atom is 0.161 e. The highest BCUT2D eigenvalue weighted by molar-refractivity contribution is 5.91. The standard InChI is InChI=1S/C21H30O5/c1-20-7-6-13(24)8-12(20)2-3-14-15-4-5-16(18(26)10-22)21(15,11-23)9-17(25)19(14)20/h8,14-17,19,22-23,25H,2-7,9-11H2,1H3/t14?,15?,16?,17?,19?,20-,21+/m0/s1. The predicted octanol–water partition coefficient (Wildman–Crippen LogP) is 1.64. The van der Waals surface area contributed by atoms with Gasteiger partial charge in [0.15, 0.2) is 11.6 Å². The van der Waals surface area contributed by atoms with Gasteiger partial charge in [0.25, 0.3) is 0 Å². The lowest BCUT2D eigenvalue weighted by Crippen LogP contribution is -2.59. The smallest absolute Gasteiger partial charge is 0.161 e. The molecule has 4 rings (SSSR count). The van der Waals surface area contributed by atoms with Crippen LogP contribution in [0.3, 0.4) is 0 Å². The molecule has 144 valence electrons. The first kappa shape index (κ1) is 18.3. The summed E-state index contributed by atoms with van der Waals surface area (Å²) in [4.78, 5) is 24.2. The van der Waals surface area contributed by atoms with Gasteiger partial charge in [0.05, 0.1) is 6.10 Å². The molecule has 3 fully saturated rings. The van der Waals surface area contributed by atoms with Gasteiger partial charge in [0.2, 0.25) is 0 Å².